The molecule has 0 aliphatic heterocycles. The summed E-state index contributed by atoms with van der Waals surface area (Å²) in [5.41, 5.74) is 0.622. The Bertz CT molecular complexity index is 441. The van der Waals surface area contributed by atoms with E-state index in [0.717, 1.165) is 12.8 Å². The average molecular weight is 301 g/mol. The molecule has 4 heteroatoms. The second-order valence-electron chi connectivity index (χ2n) is 4.43. The van der Waals surface area contributed by atoms with Crippen LogP contribution in [0.15, 0.2) is 16.6 Å². The van der Waals surface area contributed by atoms with Crippen molar-refractivity contribution in [1.29, 1.82) is 0 Å². The van der Waals surface area contributed by atoms with E-state index in [1.165, 1.54) is 25.5 Å². The summed E-state index contributed by atoms with van der Waals surface area (Å²) in [5.74, 6) is 0.265. The lowest BCUT2D eigenvalue weighted by atomic mass is 9.96. The van der Waals surface area contributed by atoms with Gasteiger partial charge in [-0.05, 0) is 54.2 Å². The molecule has 0 N–H and O–H groups in total. The number of ether oxygens (including phenoxy) is 1. The number of ketones is 1. The molecule has 0 spiro atoms. The Morgan fingerprint density at radius 3 is 2.76 bits per heavy atom. The summed E-state index contributed by atoms with van der Waals surface area (Å²) in [6.07, 6.45) is 3.65. The van der Waals surface area contributed by atoms with Crippen molar-refractivity contribution in [1.82, 2.24) is 0 Å². The monoisotopic (exact) mass is 300 g/mol. The molecule has 1 aliphatic carbocycles. The number of halogens is 2. The zero-order valence-electron chi connectivity index (χ0n) is 9.63. The van der Waals surface area contributed by atoms with E-state index in [-0.39, 0.29) is 24.1 Å². The van der Waals surface area contributed by atoms with Crippen molar-refractivity contribution in [2.75, 3.05) is 0 Å². The molecule has 0 aromatic heterocycles. The molecule has 1 aromatic rings. The van der Waals surface area contributed by atoms with E-state index in [9.17, 15) is 9.18 Å². The lowest BCUT2D eigenvalue weighted by Crippen LogP contribution is -2.25. The topological polar surface area (TPSA) is 26.3 Å². The standard InChI is InChI=1S/C13H14BrFO2/c1-8(16)5-9-6-10(15)7-12(14)13(9)17-11-3-2-4-11/h6-7,11H,2-5H2,1H3. The van der Waals surface area contributed by atoms with E-state index in [1.54, 1.807) is 0 Å². The summed E-state index contributed by atoms with van der Waals surface area (Å²) in [6, 6.07) is 2.75. The molecule has 0 radical (unpaired) electrons. The number of hydrogen-bond acceptors (Lipinski definition) is 2. The van der Waals surface area contributed by atoms with E-state index in [2.05, 4.69) is 15.9 Å². The fraction of sp³-hybridized carbons (Fsp3) is 0.462. The number of rotatable bonds is 4. The van der Waals surface area contributed by atoms with Crippen molar-refractivity contribution in [3.8, 4) is 5.75 Å². The van der Waals surface area contributed by atoms with E-state index < -0.39 is 0 Å². The molecule has 1 saturated carbocycles. The maximum absolute atomic E-state index is 13.3. The molecular weight excluding hydrogens is 287 g/mol. The van der Waals surface area contributed by atoms with Gasteiger partial charge in [-0.1, -0.05) is 0 Å². The number of Topliss-reactive ketones (excluding diaryl/α,β-unsaturated/α-hetero) is 1. The number of benzene rings is 1. The molecule has 0 heterocycles. The largest absolute Gasteiger partial charge is 0.489 e. The lowest BCUT2D eigenvalue weighted by molar-refractivity contribution is -0.116. The highest BCUT2D eigenvalue weighted by molar-refractivity contribution is 9.10. The number of carbonyl (C=O) groups excluding carboxylic acids is 1. The zero-order valence-corrected chi connectivity index (χ0v) is 11.2. The Labute approximate surface area is 108 Å². The Morgan fingerprint density at radius 2 is 2.24 bits per heavy atom. The van der Waals surface area contributed by atoms with Crippen LogP contribution < -0.4 is 4.74 Å². The van der Waals surface area contributed by atoms with Gasteiger partial charge in [0.15, 0.2) is 0 Å². The zero-order chi connectivity index (χ0) is 12.4. The second kappa shape index (κ2) is 5.17. The van der Waals surface area contributed by atoms with Crippen molar-refractivity contribution in [3.63, 3.8) is 0 Å². The van der Waals surface area contributed by atoms with Crippen molar-refractivity contribution >= 4 is 21.7 Å². The third-order valence-corrected chi connectivity index (χ3v) is 3.45. The molecule has 0 amide bonds. The molecule has 2 rings (SSSR count). The predicted molar refractivity (Wildman–Crippen MR) is 66.8 cm³/mol. The Hall–Kier alpha value is -0.900. The molecule has 1 aliphatic rings. The van der Waals surface area contributed by atoms with Crippen molar-refractivity contribution < 1.29 is 13.9 Å². The van der Waals surface area contributed by atoms with E-state index in [1.807, 2.05) is 0 Å². The van der Waals surface area contributed by atoms with Crippen LogP contribution in [0.25, 0.3) is 0 Å². The van der Waals surface area contributed by atoms with Gasteiger partial charge in [0.1, 0.15) is 17.3 Å². The summed E-state index contributed by atoms with van der Waals surface area (Å²) in [7, 11) is 0. The number of carbonyl (C=O) groups is 1. The SMILES string of the molecule is CC(=O)Cc1cc(F)cc(Br)c1OC1CCC1. The van der Waals surface area contributed by atoms with Gasteiger partial charge in [0.25, 0.3) is 0 Å². The quantitative estimate of drug-likeness (QED) is 0.848. The van der Waals surface area contributed by atoms with Crippen molar-refractivity contribution in [2.45, 2.75) is 38.7 Å². The maximum Gasteiger partial charge on any atom is 0.137 e. The van der Waals surface area contributed by atoms with Gasteiger partial charge in [-0.2, -0.15) is 0 Å². The predicted octanol–water partition coefficient (Wildman–Crippen LogP) is 3.65. The van der Waals surface area contributed by atoms with Crippen LogP contribution in [0.4, 0.5) is 4.39 Å². The molecule has 1 fully saturated rings. The van der Waals surface area contributed by atoms with Gasteiger partial charge in [0.05, 0.1) is 10.6 Å². The molecule has 92 valence electrons. The van der Waals surface area contributed by atoms with Crippen LogP contribution in [0, 0.1) is 5.82 Å². The molecule has 17 heavy (non-hydrogen) atoms. The van der Waals surface area contributed by atoms with Gasteiger partial charge in [0.2, 0.25) is 0 Å². The Kier molecular flexibility index (Phi) is 3.82. The summed E-state index contributed by atoms with van der Waals surface area (Å²) >= 11 is 3.29. The highest BCUT2D eigenvalue weighted by Gasteiger charge is 2.22. The third kappa shape index (κ3) is 3.06. The van der Waals surface area contributed by atoms with Crippen LogP contribution in [0.2, 0.25) is 0 Å². The van der Waals surface area contributed by atoms with Gasteiger partial charge < -0.3 is 4.74 Å². The Morgan fingerprint density at radius 1 is 1.53 bits per heavy atom. The fourth-order valence-electron chi connectivity index (χ4n) is 1.80. The summed E-state index contributed by atoms with van der Waals surface area (Å²) in [4.78, 5) is 11.2. The van der Waals surface area contributed by atoms with Gasteiger partial charge in [-0.25, -0.2) is 4.39 Å². The maximum atomic E-state index is 13.3. The van der Waals surface area contributed by atoms with Gasteiger partial charge >= 0.3 is 0 Å². The first-order valence-electron chi connectivity index (χ1n) is 5.70. The van der Waals surface area contributed by atoms with Gasteiger partial charge in [-0.3, -0.25) is 4.79 Å². The minimum atomic E-state index is -0.353. The molecule has 1 aromatic carbocycles. The lowest BCUT2D eigenvalue weighted by Gasteiger charge is -2.28. The number of hydrogen-bond donors (Lipinski definition) is 0. The molecule has 0 bridgehead atoms. The van der Waals surface area contributed by atoms with E-state index in [4.69, 9.17) is 4.74 Å². The van der Waals surface area contributed by atoms with Crippen LogP contribution in [0.5, 0.6) is 5.75 Å². The summed E-state index contributed by atoms with van der Waals surface area (Å²) in [5, 5.41) is 0. The van der Waals surface area contributed by atoms with Crippen LogP contribution in [0.1, 0.15) is 31.7 Å². The summed E-state index contributed by atoms with van der Waals surface area (Å²) < 4.78 is 19.7. The first-order valence-corrected chi connectivity index (χ1v) is 6.49. The van der Waals surface area contributed by atoms with Crippen molar-refractivity contribution in [3.05, 3.63) is 28.0 Å². The van der Waals surface area contributed by atoms with Gasteiger partial charge in [0, 0.05) is 12.0 Å². The van der Waals surface area contributed by atoms with Crippen LogP contribution in [-0.2, 0) is 11.2 Å². The fourth-order valence-corrected chi connectivity index (χ4v) is 2.37. The van der Waals surface area contributed by atoms with E-state index in [0.29, 0.717) is 15.8 Å². The van der Waals surface area contributed by atoms with Crippen LogP contribution in [-0.4, -0.2) is 11.9 Å². The minimum absolute atomic E-state index is 0.000888. The first-order chi connectivity index (χ1) is 8.06. The Balaban J connectivity index is 2.28. The smallest absolute Gasteiger partial charge is 0.137 e. The average Bonchev–Trinajstić information content (AvgIpc) is 2.12. The molecule has 0 atom stereocenters. The highest BCUT2D eigenvalue weighted by atomic mass is 79.9. The van der Waals surface area contributed by atoms with Crippen LogP contribution >= 0.6 is 15.9 Å². The molecular formula is C13H14BrFO2. The highest BCUT2D eigenvalue weighted by Crippen LogP contribution is 2.35. The van der Waals surface area contributed by atoms with Crippen LogP contribution in [0.3, 0.4) is 0 Å². The molecule has 2 nitrogen and oxygen atoms in total. The molecule has 0 saturated heterocycles. The third-order valence-electron chi connectivity index (χ3n) is 2.86. The van der Waals surface area contributed by atoms with E-state index >= 15 is 0 Å². The first kappa shape index (κ1) is 12.6. The normalized spacial score (nSPS) is 15.5. The second-order valence-corrected chi connectivity index (χ2v) is 5.28. The van der Waals surface area contributed by atoms with Crippen molar-refractivity contribution in [2.24, 2.45) is 0 Å². The summed E-state index contributed by atoms with van der Waals surface area (Å²) in [6.45, 7) is 1.49. The van der Waals surface area contributed by atoms with Gasteiger partial charge in [-0.15, -0.1) is 0 Å². The molecule has 0 unspecified atom stereocenters. The minimum Gasteiger partial charge on any atom is -0.489 e.